The minimum Gasteiger partial charge on any atom is -0.295 e. The van der Waals surface area contributed by atoms with Crippen molar-refractivity contribution in [3.8, 4) is 0 Å². The highest BCUT2D eigenvalue weighted by atomic mass is 32.2. The molecule has 2 heterocycles. The highest BCUT2D eigenvalue weighted by molar-refractivity contribution is 7.89. The molecular formula is C10H10F3N3O3S. The number of halogens is 3. The van der Waals surface area contributed by atoms with E-state index < -0.39 is 33.1 Å². The van der Waals surface area contributed by atoms with Gasteiger partial charge < -0.3 is 0 Å². The number of nitrogens with zero attached hydrogens (tertiary/aromatic N) is 2. The van der Waals surface area contributed by atoms with Gasteiger partial charge in [-0.1, -0.05) is 6.07 Å². The third kappa shape index (κ3) is 2.90. The van der Waals surface area contributed by atoms with Crippen molar-refractivity contribution < 1.29 is 26.4 Å². The quantitative estimate of drug-likeness (QED) is 0.860. The number of pyridine rings is 1. The van der Waals surface area contributed by atoms with E-state index in [1.165, 1.54) is 6.07 Å². The summed E-state index contributed by atoms with van der Waals surface area (Å²) in [7, 11) is -3.93. The second kappa shape index (κ2) is 4.70. The Kier molecular flexibility index (Phi) is 3.46. The Hall–Kier alpha value is -1.68. The number of primary sulfonamides is 1. The molecule has 20 heavy (non-hydrogen) atoms. The lowest BCUT2D eigenvalue weighted by Crippen LogP contribution is -2.32. The number of sulfonamides is 1. The van der Waals surface area contributed by atoms with Crippen molar-refractivity contribution in [2.24, 2.45) is 5.14 Å². The van der Waals surface area contributed by atoms with Crippen molar-refractivity contribution in [2.75, 3.05) is 11.4 Å². The van der Waals surface area contributed by atoms with Crippen LogP contribution in [0.15, 0.2) is 18.2 Å². The van der Waals surface area contributed by atoms with Gasteiger partial charge in [-0.3, -0.25) is 9.69 Å². The van der Waals surface area contributed by atoms with Gasteiger partial charge in [-0.05, 0) is 12.1 Å². The molecule has 1 aromatic rings. The van der Waals surface area contributed by atoms with E-state index in [0.717, 1.165) is 17.0 Å². The molecule has 2 N–H and O–H groups in total. The number of aromatic nitrogens is 1. The topological polar surface area (TPSA) is 93.4 Å². The molecule has 2 rings (SSSR count). The Morgan fingerprint density at radius 2 is 2.00 bits per heavy atom. The van der Waals surface area contributed by atoms with Crippen LogP contribution in [0.4, 0.5) is 19.0 Å². The Morgan fingerprint density at radius 1 is 1.35 bits per heavy atom. The van der Waals surface area contributed by atoms with E-state index in [-0.39, 0.29) is 18.8 Å². The summed E-state index contributed by atoms with van der Waals surface area (Å²) in [6, 6.07) is 3.07. The van der Waals surface area contributed by atoms with Gasteiger partial charge >= 0.3 is 6.18 Å². The fraction of sp³-hybridized carbons (Fsp3) is 0.400. The SMILES string of the molecule is NS(=O)(=O)C1CC(=O)N(c2cccc(C(F)(F)F)n2)C1. The number of rotatable bonds is 2. The normalized spacial score (nSPS) is 20.5. The summed E-state index contributed by atoms with van der Waals surface area (Å²) in [5, 5.41) is 3.80. The third-order valence-electron chi connectivity index (χ3n) is 2.86. The number of hydrogen-bond donors (Lipinski definition) is 1. The molecule has 0 aliphatic carbocycles. The second-order valence-corrected chi connectivity index (χ2v) is 6.14. The summed E-state index contributed by atoms with van der Waals surface area (Å²) in [4.78, 5) is 15.9. The lowest BCUT2D eigenvalue weighted by Gasteiger charge is -2.16. The van der Waals surface area contributed by atoms with E-state index in [1.807, 2.05) is 0 Å². The van der Waals surface area contributed by atoms with E-state index in [2.05, 4.69) is 4.98 Å². The molecule has 1 fully saturated rings. The number of alkyl halides is 3. The van der Waals surface area contributed by atoms with Gasteiger partial charge in [0.05, 0.1) is 0 Å². The number of nitrogens with two attached hydrogens (primary N) is 1. The highest BCUT2D eigenvalue weighted by Crippen LogP contribution is 2.30. The molecule has 1 aliphatic rings. The Morgan fingerprint density at radius 3 is 2.50 bits per heavy atom. The Labute approximate surface area is 112 Å². The van der Waals surface area contributed by atoms with Crippen LogP contribution in [0.3, 0.4) is 0 Å². The number of carbonyl (C=O) groups excluding carboxylic acids is 1. The molecule has 6 nitrogen and oxygen atoms in total. The molecule has 110 valence electrons. The molecule has 10 heteroatoms. The van der Waals surface area contributed by atoms with Crippen LogP contribution in [-0.2, 0) is 21.0 Å². The minimum absolute atomic E-state index is 0.240. The molecule has 1 atom stereocenters. The molecular weight excluding hydrogens is 299 g/mol. The van der Waals surface area contributed by atoms with E-state index in [4.69, 9.17) is 5.14 Å². The van der Waals surface area contributed by atoms with Crippen LogP contribution in [0.5, 0.6) is 0 Å². The zero-order valence-corrected chi connectivity index (χ0v) is 10.8. The van der Waals surface area contributed by atoms with Crippen molar-refractivity contribution in [2.45, 2.75) is 17.8 Å². The minimum atomic E-state index is -4.64. The van der Waals surface area contributed by atoms with E-state index >= 15 is 0 Å². The molecule has 1 saturated heterocycles. The first-order valence-electron chi connectivity index (χ1n) is 5.45. The number of hydrogen-bond acceptors (Lipinski definition) is 4. The predicted octanol–water partition coefficient (Wildman–Crippen LogP) is 0.494. The maximum Gasteiger partial charge on any atom is 0.433 e. The maximum absolute atomic E-state index is 12.5. The molecule has 0 radical (unpaired) electrons. The first-order valence-corrected chi connectivity index (χ1v) is 7.06. The number of amides is 1. The zero-order chi connectivity index (χ0) is 15.1. The van der Waals surface area contributed by atoms with Crippen molar-refractivity contribution in [3.05, 3.63) is 23.9 Å². The van der Waals surface area contributed by atoms with Gasteiger partial charge in [0, 0.05) is 13.0 Å². The highest BCUT2D eigenvalue weighted by Gasteiger charge is 2.39. The molecule has 1 unspecified atom stereocenters. The van der Waals surface area contributed by atoms with Gasteiger partial charge in [-0.2, -0.15) is 13.2 Å². The molecule has 0 aromatic carbocycles. The number of carbonyl (C=O) groups is 1. The van der Waals surface area contributed by atoms with Crippen LogP contribution >= 0.6 is 0 Å². The largest absolute Gasteiger partial charge is 0.433 e. The van der Waals surface area contributed by atoms with Crippen LogP contribution in [0, 0.1) is 0 Å². The van der Waals surface area contributed by atoms with Crippen LogP contribution in [-0.4, -0.2) is 31.1 Å². The summed E-state index contributed by atoms with van der Waals surface area (Å²) >= 11 is 0. The number of anilines is 1. The van der Waals surface area contributed by atoms with Crippen LogP contribution < -0.4 is 10.0 Å². The van der Waals surface area contributed by atoms with Gasteiger partial charge in [-0.15, -0.1) is 0 Å². The average molecular weight is 309 g/mol. The lowest BCUT2D eigenvalue weighted by molar-refractivity contribution is -0.141. The fourth-order valence-electron chi connectivity index (χ4n) is 1.85. The van der Waals surface area contributed by atoms with Gasteiger partial charge in [0.2, 0.25) is 15.9 Å². The van der Waals surface area contributed by atoms with E-state index in [9.17, 15) is 26.4 Å². The fourth-order valence-corrected chi connectivity index (χ4v) is 2.58. The monoisotopic (exact) mass is 309 g/mol. The van der Waals surface area contributed by atoms with E-state index in [1.54, 1.807) is 0 Å². The Bertz CT molecular complexity index is 645. The van der Waals surface area contributed by atoms with Crippen molar-refractivity contribution in [1.29, 1.82) is 0 Å². The van der Waals surface area contributed by atoms with Crippen molar-refractivity contribution >= 4 is 21.7 Å². The zero-order valence-electron chi connectivity index (χ0n) is 9.96. The summed E-state index contributed by atoms with van der Waals surface area (Å²) < 4.78 is 60.0. The molecule has 1 aromatic heterocycles. The summed E-state index contributed by atoms with van der Waals surface area (Å²) in [5.74, 6) is -0.869. The first-order chi connectivity index (χ1) is 9.09. The van der Waals surface area contributed by atoms with Crippen molar-refractivity contribution in [1.82, 2.24) is 4.98 Å². The summed E-state index contributed by atoms with van der Waals surface area (Å²) in [6.45, 7) is -0.300. The molecule has 1 amide bonds. The lowest BCUT2D eigenvalue weighted by atomic mass is 10.3. The molecule has 0 bridgehead atoms. The third-order valence-corrected chi connectivity index (χ3v) is 4.10. The summed E-state index contributed by atoms with van der Waals surface area (Å²) in [6.07, 6.45) is -5.01. The molecule has 1 aliphatic heterocycles. The van der Waals surface area contributed by atoms with E-state index in [0.29, 0.717) is 0 Å². The smallest absolute Gasteiger partial charge is 0.295 e. The predicted molar refractivity (Wildman–Crippen MR) is 63.1 cm³/mol. The van der Waals surface area contributed by atoms with Crippen LogP contribution in [0.1, 0.15) is 12.1 Å². The van der Waals surface area contributed by atoms with Crippen molar-refractivity contribution in [3.63, 3.8) is 0 Å². The average Bonchev–Trinajstić information content (AvgIpc) is 2.70. The molecule has 0 saturated carbocycles. The Balaban J connectivity index is 2.32. The van der Waals surface area contributed by atoms with Gasteiger partial charge in [0.1, 0.15) is 16.8 Å². The molecule has 0 spiro atoms. The van der Waals surface area contributed by atoms with Crippen LogP contribution in [0.2, 0.25) is 0 Å². The van der Waals surface area contributed by atoms with Gasteiger partial charge in [-0.25, -0.2) is 18.5 Å². The maximum atomic E-state index is 12.5. The second-order valence-electron chi connectivity index (χ2n) is 4.30. The first kappa shape index (κ1) is 14.7. The standard InChI is InChI=1S/C10H10F3N3O3S/c11-10(12,13)7-2-1-3-8(15-7)16-5-6(4-9(16)17)20(14,18)19/h1-3,6H,4-5H2,(H2,14,18,19). The van der Waals surface area contributed by atoms with Gasteiger partial charge in [0.15, 0.2) is 0 Å². The van der Waals surface area contributed by atoms with Gasteiger partial charge in [0.25, 0.3) is 0 Å². The van der Waals surface area contributed by atoms with Crippen LogP contribution in [0.25, 0.3) is 0 Å². The summed E-state index contributed by atoms with van der Waals surface area (Å²) in [5.41, 5.74) is -1.15.